The normalized spacial score (nSPS) is 10.3. The molecule has 3 aromatic rings. The van der Waals surface area contributed by atoms with Crippen molar-refractivity contribution in [1.29, 1.82) is 0 Å². The van der Waals surface area contributed by atoms with Crippen LogP contribution in [0.2, 0.25) is 0 Å². The van der Waals surface area contributed by atoms with Crippen LogP contribution in [0.15, 0.2) is 66.7 Å². The summed E-state index contributed by atoms with van der Waals surface area (Å²) in [5.74, 6) is 0.268. The van der Waals surface area contributed by atoms with E-state index in [2.05, 4.69) is 5.32 Å². The minimum absolute atomic E-state index is 0.194. The molecule has 0 heterocycles. The lowest BCUT2D eigenvalue weighted by Gasteiger charge is -2.11. The van der Waals surface area contributed by atoms with Gasteiger partial charge in [-0.15, -0.1) is 0 Å². The molecule has 0 spiro atoms. The Kier molecular flexibility index (Phi) is 6.29. The monoisotopic (exact) mass is 389 g/mol. The molecule has 0 saturated carbocycles. The van der Waals surface area contributed by atoms with Gasteiger partial charge in [0.1, 0.15) is 11.5 Å². The number of carbonyl (C=O) groups excluding carboxylic acids is 2. The maximum absolute atomic E-state index is 12.3. The number of ether oxygens (including phenoxy) is 2. The van der Waals surface area contributed by atoms with Gasteiger partial charge in [-0.1, -0.05) is 29.8 Å². The van der Waals surface area contributed by atoms with E-state index in [4.69, 9.17) is 9.47 Å². The SMILES string of the molecule is Cc1ccc(NC(=O)c2ccc(OC(=O)COc3cccc(C)c3C)cc2)cc1. The standard InChI is InChI=1S/C24H23NO4/c1-16-7-11-20(12-8-16)25-24(27)19-9-13-21(14-10-19)29-23(26)15-28-22-6-4-5-17(2)18(22)3/h4-14H,15H2,1-3H3,(H,25,27). The highest BCUT2D eigenvalue weighted by molar-refractivity contribution is 6.04. The Bertz CT molecular complexity index is 1010. The highest BCUT2D eigenvalue weighted by atomic mass is 16.6. The van der Waals surface area contributed by atoms with E-state index in [1.807, 2.05) is 63.2 Å². The molecule has 0 saturated heterocycles. The lowest BCUT2D eigenvalue weighted by molar-refractivity contribution is -0.136. The van der Waals surface area contributed by atoms with Gasteiger partial charge in [-0.05, 0) is 74.4 Å². The molecule has 29 heavy (non-hydrogen) atoms. The Morgan fingerprint density at radius 2 is 1.55 bits per heavy atom. The average Bonchev–Trinajstić information content (AvgIpc) is 2.71. The molecule has 0 fully saturated rings. The quantitative estimate of drug-likeness (QED) is 0.484. The lowest BCUT2D eigenvalue weighted by atomic mass is 10.1. The molecular weight excluding hydrogens is 366 g/mol. The van der Waals surface area contributed by atoms with Crippen LogP contribution >= 0.6 is 0 Å². The van der Waals surface area contributed by atoms with Crippen LogP contribution in [0.1, 0.15) is 27.0 Å². The molecule has 5 heteroatoms. The van der Waals surface area contributed by atoms with Crippen LogP contribution in [0, 0.1) is 20.8 Å². The van der Waals surface area contributed by atoms with Crippen molar-refractivity contribution in [3.63, 3.8) is 0 Å². The minimum atomic E-state index is -0.511. The molecule has 0 aromatic heterocycles. The second kappa shape index (κ2) is 9.06. The van der Waals surface area contributed by atoms with Crippen LogP contribution in [-0.2, 0) is 4.79 Å². The van der Waals surface area contributed by atoms with Crippen molar-refractivity contribution in [2.45, 2.75) is 20.8 Å². The number of amides is 1. The molecule has 0 aliphatic heterocycles. The van der Waals surface area contributed by atoms with E-state index in [1.165, 1.54) is 0 Å². The van der Waals surface area contributed by atoms with Crippen molar-refractivity contribution in [1.82, 2.24) is 0 Å². The lowest BCUT2D eigenvalue weighted by Crippen LogP contribution is -2.18. The van der Waals surface area contributed by atoms with Crippen LogP contribution in [0.3, 0.4) is 0 Å². The average molecular weight is 389 g/mol. The first-order chi connectivity index (χ1) is 13.9. The highest BCUT2D eigenvalue weighted by Gasteiger charge is 2.10. The maximum Gasteiger partial charge on any atom is 0.349 e. The zero-order chi connectivity index (χ0) is 20.8. The van der Waals surface area contributed by atoms with Crippen molar-refractivity contribution in [2.24, 2.45) is 0 Å². The van der Waals surface area contributed by atoms with Crippen molar-refractivity contribution in [3.05, 3.63) is 89.0 Å². The molecule has 0 radical (unpaired) electrons. The fraction of sp³-hybridized carbons (Fsp3) is 0.167. The molecule has 0 aliphatic carbocycles. The zero-order valence-electron chi connectivity index (χ0n) is 16.7. The molecule has 3 aromatic carbocycles. The number of esters is 1. The zero-order valence-corrected chi connectivity index (χ0v) is 16.7. The van der Waals surface area contributed by atoms with Gasteiger partial charge in [0, 0.05) is 11.3 Å². The number of rotatable bonds is 6. The number of anilines is 1. The molecule has 3 rings (SSSR count). The van der Waals surface area contributed by atoms with Crippen molar-refractivity contribution < 1.29 is 19.1 Å². The van der Waals surface area contributed by atoms with Gasteiger partial charge in [-0.2, -0.15) is 0 Å². The summed E-state index contributed by atoms with van der Waals surface area (Å²) in [5.41, 5.74) is 4.40. The predicted molar refractivity (Wildman–Crippen MR) is 113 cm³/mol. The van der Waals surface area contributed by atoms with E-state index >= 15 is 0 Å². The minimum Gasteiger partial charge on any atom is -0.482 e. The van der Waals surface area contributed by atoms with Gasteiger partial charge in [-0.3, -0.25) is 4.79 Å². The largest absolute Gasteiger partial charge is 0.482 e. The third-order valence-electron chi connectivity index (χ3n) is 4.56. The molecule has 0 atom stereocenters. The molecule has 5 nitrogen and oxygen atoms in total. The summed E-state index contributed by atoms with van der Waals surface area (Å²) < 4.78 is 10.8. The number of hydrogen-bond donors (Lipinski definition) is 1. The smallest absolute Gasteiger partial charge is 0.349 e. The van der Waals surface area contributed by atoms with Gasteiger partial charge in [0.15, 0.2) is 6.61 Å². The maximum atomic E-state index is 12.3. The Balaban J connectivity index is 1.54. The van der Waals surface area contributed by atoms with Gasteiger partial charge < -0.3 is 14.8 Å². The van der Waals surface area contributed by atoms with Crippen LogP contribution < -0.4 is 14.8 Å². The molecule has 0 unspecified atom stereocenters. The third kappa shape index (κ3) is 5.45. The van der Waals surface area contributed by atoms with Crippen LogP contribution in [0.4, 0.5) is 5.69 Å². The van der Waals surface area contributed by atoms with Gasteiger partial charge >= 0.3 is 5.97 Å². The topological polar surface area (TPSA) is 64.6 Å². The second-order valence-electron chi connectivity index (χ2n) is 6.81. The van der Waals surface area contributed by atoms with E-state index in [9.17, 15) is 9.59 Å². The van der Waals surface area contributed by atoms with E-state index < -0.39 is 5.97 Å². The van der Waals surface area contributed by atoms with Crippen LogP contribution in [-0.4, -0.2) is 18.5 Å². The van der Waals surface area contributed by atoms with E-state index in [0.29, 0.717) is 17.1 Å². The number of aryl methyl sites for hydroxylation is 2. The Morgan fingerprint density at radius 1 is 0.862 bits per heavy atom. The molecular formula is C24H23NO4. The van der Waals surface area contributed by atoms with Gasteiger partial charge in [-0.25, -0.2) is 4.79 Å². The highest BCUT2D eigenvalue weighted by Crippen LogP contribution is 2.21. The summed E-state index contributed by atoms with van der Waals surface area (Å²) in [6, 6.07) is 19.6. The summed E-state index contributed by atoms with van der Waals surface area (Å²) in [5, 5.41) is 2.83. The van der Waals surface area contributed by atoms with E-state index in [0.717, 1.165) is 22.4 Å². The molecule has 148 valence electrons. The first-order valence-electron chi connectivity index (χ1n) is 9.30. The number of nitrogens with one attached hydrogen (secondary N) is 1. The van der Waals surface area contributed by atoms with E-state index in [-0.39, 0.29) is 12.5 Å². The Morgan fingerprint density at radius 3 is 2.24 bits per heavy atom. The van der Waals surface area contributed by atoms with Gasteiger partial charge in [0.25, 0.3) is 5.91 Å². The summed E-state index contributed by atoms with van der Waals surface area (Å²) >= 11 is 0. The Hall–Kier alpha value is -3.60. The first kappa shape index (κ1) is 20.1. The number of hydrogen-bond acceptors (Lipinski definition) is 4. The summed E-state index contributed by atoms with van der Waals surface area (Å²) in [6.45, 7) is 5.71. The first-order valence-corrected chi connectivity index (χ1v) is 9.30. The van der Waals surface area contributed by atoms with Crippen molar-refractivity contribution >= 4 is 17.6 Å². The van der Waals surface area contributed by atoms with Crippen LogP contribution in [0.5, 0.6) is 11.5 Å². The molecule has 0 bridgehead atoms. The molecule has 1 amide bonds. The van der Waals surface area contributed by atoms with Crippen LogP contribution in [0.25, 0.3) is 0 Å². The molecule has 1 N–H and O–H groups in total. The Labute approximate surface area is 170 Å². The second-order valence-corrected chi connectivity index (χ2v) is 6.81. The third-order valence-corrected chi connectivity index (χ3v) is 4.56. The van der Waals surface area contributed by atoms with Gasteiger partial charge in [0.2, 0.25) is 0 Å². The predicted octanol–water partition coefficient (Wildman–Crippen LogP) is 4.85. The fourth-order valence-electron chi connectivity index (χ4n) is 2.69. The number of carbonyl (C=O) groups is 2. The number of benzene rings is 3. The summed E-state index contributed by atoms with van der Waals surface area (Å²) in [7, 11) is 0. The summed E-state index contributed by atoms with van der Waals surface area (Å²) in [6.07, 6.45) is 0. The molecule has 0 aliphatic rings. The van der Waals surface area contributed by atoms with Gasteiger partial charge in [0.05, 0.1) is 0 Å². The fourth-order valence-corrected chi connectivity index (χ4v) is 2.69. The summed E-state index contributed by atoms with van der Waals surface area (Å²) in [4.78, 5) is 24.4. The van der Waals surface area contributed by atoms with E-state index in [1.54, 1.807) is 24.3 Å². The van der Waals surface area contributed by atoms with Crippen molar-refractivity contribution in [2.75, 3.05) is 11.9 Å². The van der Waals surface area contributed by atoms with Crippen molar-refractivity contribution in [3.8, 4) is 11.5 Å².